The van der Waals surface area contributed by atoms with Crippen LogP contribution in [0.5, 0.6) is 0 Å². The average Bonchev–Trinajstić information content (AvgIpc) is 1.63. The van der Waals surface area contributed by atoms with Crippen LogP contribution in [-0.4, -0.2) is 152 Å². The van der Waals surface area contributed by atoms with Crippen LogP contribution in [0.2, 0.25) is 0 Å². The number of para-hydroxylation sites is 4. The molecule has 108 heavy (non-hydrogen) atoms. The number of methoxy groups -OCH3 is 3. The molecule has 0 amide bonds. The molecule has 4 aliphatic heterocycles. The number of carbonyl (C=O) groups excluding carboxylic acids is 1. The van der Waals surface area contributed by atoms with E-state index in [1.165, 1.54) is 23.3 Å². The van der Waals surface area contributed by atoms with Gasteiger partial charge in [0.15, 0.2) is 0 Å². The molecule has 0 aliphatic carbocycles. The minimum atomic E-state index is -3.76. The first kappa shape index (κ1) is 84.1. The van der Waals surface area contributed by atoms with Crippen LogP contribution in [0.1, 0.15) is 144 Å². The topological polar surface area (TPSA) is 269 Å². The van der Waals surface area contributed by atoms with Gasteiger partial charge in [-0.25, -0.2) is 33.7 Å². The van der Waals surface area contributed by atoms with Crippen molar-refractivity contribution in [2.24, 2.45) is 0 Å². The van der Waals surface area contributed by atoms with E-state index in [4.69, 9.17) is 18.9 Å². The Morgan fingerprint density at radius 1 is 0.380 bits per heavy atom. The van der Waals surface area contributed by atoms with Gasteiger partial charge in [0.25, 0.3) is 40.1 Å². The van der Waals surface area contributed by atoms with Crippen molar-refractivity contribution in [3.8, 4) is 0 Å². The van der Waals surface area contributed by atoms with Crippen molar-refractivity contribution in [1.29, 1.82) is 0 Å². The zero-order valence-electron chi connectivity index (χ0n) is 63.8. The lowest BCUT2D eigenvalue weighted by molar-refractivity contribution is -0.143. The summed E-state index contributed by atoms with van der Waals surface area (Å²) in [5, 5.41) is 14.1. The molecule has 0 spiro atoms. The van der Waals surface area contributed by atoms with Crippen molar-refractivity contribution >= 4 is 79.6 Å². The molecule has 0 aromatic heterocycles. The summed E-state index contributed by atoms with van der Waals surface area (Å²) in [6.07, 6.45) is 8.29. The van der Waals surface area contributed by atoms with Crippen LogP contribution in [0.15, 0.2) is 194 Å². The lowest BCUT2D eigenvalue weighted by Crippen LogP contribution is -2.26. The molecule has 5 unspecified atom stereocenters. The van der Waals surface area contributed by atoms with Crippen molar-refractivity contribution in [2.75, 3.05) is 126 Å². The summed E-state index contributed by atoms with van der Waals surface area (Å²) in [5.74, 6) is -0.132. The lowest BCUT2D eigenvalue weighted by Gasteiger charge is -2.22. The van der Waals surface area contributed by atoms with Crippen LogP contribution in [0.3, 0.4) is 0 Å². The van der Waals surface area contributed by atoms with Gasteiger partial charge >= 0.3 is 5.97 Å². The fourth-order valence-electron chi connectivity index (χ4n) is 13.8. The van der Waals surface area contributed by atoms with Crippen LogP contribution >= 0.6 is 0 Å². The SMILES string of the molecule is CCOC(=O)CCCCCCNC1c2ccccc2N(C)S(=O)(=O)c2cc(C)ccc21.COCCCNC1c2ccccc2N(C)S(=O)(=O)c2cc(C)ccc21.COCCCNC1c2ccccc2N(C)S(=O)(=O)c2cc(C)ccc21.COCCCNC1c2ccccc2N(C)S(=O)(=O)c2cc(S(C)=O)ccc21. The smallest absolute Gasteiger partial charge is 0.305 e. The van der Waals surface area contributed by atoms with Gasteiger partial charge in [-0.15, -0.1) is 0 Å². The third-order valence-corrected chi connectivity index (χ3v) is 27.8. The molecule has 0 saturated carbocycles. The maximum atomic E-state index is 13.3. The predicted octanol–water partition coefficient (Wildman–Crippen LogP) is 12.3. The highest BCUT2D eigenvalue weighted by Gasteiger charge is 2.39. The highest BCUT2D eigenvalue weighted by molar-refractivity contribution is 7.94. The number of nitrogens with one attached hydrogen (secondary N) is 4. The van der Waals surface area contributed by atoms with Gasteiger partial charge in [-0.1, -0.05) is 128 Å². The number of carbonyl (C=O) groups is 1. The van der Waals surface area contributed by atoms with Crippen LogP contribution in [-0.2, 0) is 74.6 Å². The molecule has 4 heterocycles. The Kier molecular flexibility index (Phi) is 29.7. The van der Waals surface area contributed by atoms with Gasteiger partial charge in [-0.3, -0.25) is 26.2 Å². The first-order chi connectivity index (χ1) is 51.7. The first-order valence-electron chi connectivity index (χ1n) is 36.3. The number of unbranched alkanes of at least 4 members (excludes halogenated alkanes) is 3. The molecule has 8 aromatic carbocycles. The summed E-state index contributed by atoms with van der Waals surface area (Å²) in [5.41, 5.74) is 12.3. The summed E-state index contributed by atoms with van der Waals surface area (Å²) in [7, 11) is -4.41. The number of benzene rings is 8. The number of hydrogen-bond donors (Lipinski definition) is 4. The molecule has 4 N–H and O–H groups in total. The minimum absolute atomic E-state index is 0.132. The van der Waals surface area contributed by atoms with Crippen molar-refractivity contribution in [2.45, 2.75) is 128 Å². The van der Waals surface area contributed by atoms with Crippen LogP contribution in [0.4, 0.5) is 22.7 Å². The quantitative estimate of drug-likeness (QED) is 0.0306. The standard InChI is InChI=1S/C24H32N2O4S.C19H24N2O4S2.2C19H24N2O3S/c1-4-30-23(27)13-7-5-6-10-16-25-24-19-11-8-9-12-21(19)26(3)31(28,29)22-17-18(2)14-15-20(22)24;1-21-17-8-5-4-7-15(17)19(20-11-6-12-25-2)16-10-9-14(26(3)22)13-18(16)27(21,23)24;2*1-14-9-10-16-18(13-14)25(22,23)21(2)17-8-5-4-7-15(17)19(16)20-11-6-12-24-3/h8-9,11-12,14-15,17,24-25H,4-7,10,13,16H2,1-3H3;4-5,7-10,13,19-20H,6,11-12H2,1-3H3;2*4-5,7-10,13,19-20H,6,11-12H2,1-3H3. The highest BCUT2D eigenvalue weighted by Crippen LogP contribution is 2.45. The minimum Gasteiger partial charge on any atom is -0.466 e. The summed E-state index contributed by atoms with van der Waals surface area (Å²) in [4.78, 5) is 13.2. The second kappa shape index (κ2) is 38.2. The number of aryl methyl sites for hydroxylation is 3. The van der Waals surface area contributed by atoms with E-state index in [1.807, 2.05) is 161 Å². The molecule has 22 nitrogen and oxygen atoms in total. The second-order valence-corrected chi connectivity index (χ2v) is 36.1. The van der Waals surface area contributed by atoms with Gasteiger partial charge in [0.05, 0.1) is 73.1 Å². The van der Waals surface area contributed by atoms with Crippen molar-refractivity contribution < 1.29 is 61.6 Å². The van der Waals surface area contributed by atoms with E-state index in [0.717, 1.165) is 120 Å². The van der Waals surface area contributed by atoms with Crippen LogP contribution in [0.25, 0.3) is 0 Å². The number of rotatable bonds is 25. The maximum Gasteiger partial charge on any atom is 0.305 e. The fraction of sp³-hybridized carbons (Fsp3) is 0.395. The van der Waals surface area contributed by atoms with Gasteiger partial charge in [-0.05, 0) is 202 Å². The van der Waals surface area contributed by atoms with E-state index in [2.05, 4.69) is 21.3 Å². The number of ether oxygens (including phenoxy) is 4. The monoisotopic (exact) mass is 1570 g/mol. The van der Waals surface area contributed by atoms with E-state index in [1.54, 1.807) is 86.1 Å². The number of esters is 1. The maximum absolute atomic E-state index is 13.3. The molecule has 0 radical (unpaired) electrons. The molecule has 582 valence electrons. The molecule has 0 bridgehead atoms. The molecule has 0 fully saturated rings. The summed E-state index contributed by atoms with van der Waals surface area (Å²) in [6.45, 7) is 12.9. The predicted molar refractivity (Wildman–Crippen MR) is 429 cm³/mol. The molecule has 27 heteroatoms. The Morgan fingerprint density at radius 3 is 0.954 bits per heavy atom. The van der Waals surface area contributed by atoms with Crippen molar-refractivity contribution in [1.82, 2.24) is 21.3 Å². The van der Waals surface area contributed by atoms with E-state index in [-0.39, 0.29) is 35.0 Å². The summed E-state index contributed by atoms with van der Waals surface area (Å²) < 4.78 is 143. The Bertz CT molecular complexity index is 4790. The van der Waals surface area contributed by atoms with Crippen LogP contribution in [0, 0.1) is 20.8 Å². The second-order valence-electron chi connectivity index (χ2n) is 27.0. The third kappa shape index (κ3) is 19.3. The zero-order valence-corrected chi connectivity index (χ0v) is 67.9. The van der Waals surface area contributed by atoms with E-state index in [9.17, 15) is 42.7 Å². The Labute approximate surface area is 642 Å². The average molecular weight is 1570 g/mol. The number of sulfonamides is 4. The summed E-state index contributed by atoms with van der Waals surface area (Å²) >= 11 is 0. The van der Waals surface area contributed by atoms with Crippen molar-refractivity contribution in [3.63, 3.8) is 0 Å². The lowest BCUT2D eigenvalue weighted by atomic mass is 9.96. The van der Waals surface area contributed by atoms with E-state index in [0.29, 0.717) is 87.3 Å². The largest absolute Gasteiger partial charge is 0.466 e. The number of nitrogens with zero attached hydrogens (tertiary/aromatic N) is 4. The molecular formula is C81H104N8O14S5. The van der Waals surface area contributed by atoms with E-state index >= 15 is 0 Å². The molecule has 0 saturated heterocycles. The third-order valence-electron chi connectivity index (χ3n) is 19.6. The normalized spacial score (nSPS) is 18.1. The first-order valence-corrected chi connectivity index (χ1v) is 43.6. The summed E-state index contributed by atoms with van der Waals surface area (Å²) in [6, 6.07) is 51.6. The van der Waals surface area contributed by atoms with Gasteiger partial charge < -0.3 is 40.2 Å². The molecule has 4 aliphatic rings. The Morgan fingerprint density at radius 2 is 0.657 bits per heavy atom. The highest BCUT2D eigenvalue weighted by atomic mass is 32.2. The van der Waals surface area contributed by atoms with Gasteiger partial charge in [0.1, 0.15) is 0 Å². The number of hydrogen-bond acceptors (Lipinski definition) is 18. The number of anilines is 4. The van der Waals surface area contributed by atoms with Gasteiger partial charge in [0.2, 0.25) is 0 Å². The molecular weight excluding hydrogens is 1470 g/mol. The Balaban J connectivity index is 0.000000167. The van der Waals surface area contributed by atoms with Gasteiger partial charge in [-0.2, -0.15) is 0 Å². The van der Waals surface area contributed by atoms with E-state index < -0.39 is 50.9 Å². The van der Waals surface area contributed by atoms with Crippen LogP contribution < -0.4 is 38.5 Å². The zero-order chi connectivity index (χ0) is 78.1. The molecule has 5 atom stereocenters. The van der Waals surface area contributed by atoms with Crippen molar-refractivity contribution in [3.05, 3.63) is 231 Å². The Hall–Kier alpha value is -7.90. The fourth-order valence-corrected chi connectivity index (χ4v) is 20.5. The molecule has 8 aromatic rings. The number of fused-ring (bicyclic) bond motifs is 8. The van der Waals surface area contributed by atoms with Gasteiger partial charge in [0, 0.05) is 97.7 Å². The molecule has 12 rings (SSSR count).